The Hall–Kier alpha value is -2.18. The standard InChI is InChI=1S/C15H18N4O2/c1-15(9-21-8-13(15)16)14(20)18-11-4-2-10(3-5-11)12-6-7-17-19-12/h2-7,13H,8-9,16H2,1H3,(H,17,19)(H,18,20). The lowest BCUT2D eigenvalue weighted by Gasteiger charge is -2.25. The summed E-state index contributed by atoms with van der Waals surface area (Å²) in [6.45, 7) is 2.61. The summed E-state index contributed by atoms with van der Waals surface area (Å²) in [6, 6.07) is 9.19. The van der Waals surface area contributed by atoms with Gasteiger partial charge in [-0.05, 0) is 30.7 Å². The zero-order valence-corrected chi connectivity index (χ0v) is 11.8. The minimum Gasteiger partial charge on any atom is -0.379 e. The van der Waals surface area contributed by atoms with Gasteiger partial charge in [-0.3, -0.25) is 9.89 Å². The highest BCUT2D eigenvalue weighted by Crippen LogP contribution is 2.29. The maximum atomic E-state index is 12.4. The van der Waals surface area contributed by atoms with Gasteiger partial charge in [0.15, 0.2) is 0 Å². The molecule has 2 atom stereocenters. The molecule has 1 aliphatic heterocycles. The van der Waals surface area contributed by atoms with Gasteiger partial charge in [0.25, 0.3) is 0 Å². The van der Waals surface area contributed by atoms with Crippen molar-refractivity contribution in [1.82, 2.24) is 10.2 Å². The third-order valence-electron chi connectivity index (χ3n) is 3.99. The smallest absolute Gasteiger partial charge is 0.234 e. The van der Waals surface area contributed by atoms with Crippen molar-refractivity contribution >= 4 is 11.6 Å². The Morgan fingerprint density at radius 1 is 1.43 bits per heavy atom. The Morgan fingerprint density at radius 3 is 2.76 bits per heavy atom. The Labute approximate surface area is 122 Å². The van der Waals surface area contributed by atoms with Crippen LogP contribution in [0.3, 0.4) is 0 Å². The number of rotatable bonds is 3. The monoisotopic (exact) mass is 286 g/mol. The van der Waals surface area contributed by atoms with Gasteiger partial charge in [-0.1, -0.05) is 12.1 Å². The quantitative estimate of drug-likeness (QED) is 0.794. The predicted octanol–water partition coefficient (Wildman–Crippen LogP) is 1.38. The molecule has 6 nitrogen and oxygen atoms in total. The van der Waals surface area contributed by atoms with E-state index < -0.39 is 5.41 Å². The molecule has 3 rings (SSSR count). The van der Waals surface area contributed by atoms with Gasteiger partial charge in [-0.25, -0.2) is 0 Å². The van der Waals surface area contributed by atoms with Crippen molar-refractivity contribution in [2.75, 3.05) is 18.5 Å². The molecule has 110 valence electrons. The van der Waals surface area contributed by atoms with Crippen LogP contribution in [0.25, 0.3) is 11.3 Å². The molecule has 2 aromatic rings. The first-order valence-corrected chi connectivity index (χ1v) is 6.84. The molecule has 1 fully saturated rings. The van der Waals surface area contributed by atoms with Crippen LogP contribution in [-0.4, -0.2) is 35.4 Å². The van der Waals surface area contributed by atoms with Crippen LogP contribution in [0.2, 0.25) is 0 Å². The molecule has 4 N–H and O–H groups in total. The van der Waals surface area contributed by atoms with Gasteiger partial charge >= 0.3 is 0 Å². The summed E-state index contributed by atoms with van der Waals surface area (Å²) in [6.07, 6.45) is 1.70. The molecule has 2 unspecified atom stereocenters. The second kappa shape index (κ2) is 5.31. The molecule has 6 heteroatoms. The van der Waals surface area contributed by atoms with Crippen LogP contribution in [0.4, 0.5) is 5.69 Å². The second-order valence-corrected chi connectivity index (χ2v) is 5.54. The lowest BCUT2D eigenvalue weighted by molar-refractivity contribution is -0.125. The van der Waals surface area contributed by atoms with E-state index in [1.165, 1.54) is 0 Å². The number of carbonyl (C=O) groups is 1. The number of benzene rings is 1. The summed E-state index contributed by atoms with van der Waals surface area (Å²) < 4.78 is 5.30. The summed E-state index contributed by atoms with van der Waals surface area (Å²) in [5, 5.41) is 9.72. The number of amides is 1. The Kier molecular flexibility index (Phi) is 3.48. The van der Waals surface area contributed by atoms with Crippen molar-refractivity contribution in [3.63, 3.8) is 0 Å². The van der Waals surface area contributed by atoms with E-state index in [4.69, 9.17) is 10.5 Å². The zero-order valence-electron chi connectivity index (χ0n) is 11.8. The molecule has 0 bridgehead atoms. The largest absolute Gasteiger partial charge is 0.379 e. The van der Waals surface area contributed by atoms with Gasteiger partial charge < -0.3 is 15.8 Å². The maximum absolute atomic E-state index is 12.4. The number of nitrogens with two attached hydrogens (primary N) is 1. The van der Waals surface area contributed by atoms with E-state index in [-0.39, 0.29) is 11.9 Å². The minimum atomic E-state index is -0.679. The Morgan fingerprint density at radius 2 is 2.19 bits per heavy atom. The van der Waals surface area contributed by atoms with E-state index in [0.29, 0.717) is 13.2 Å². The highest BCUT2D eigenvalue weighted by atomic mass is 16.5. The fourth-order valence-corrected chi connectivity index (χ4v) is 2.35. The molecule has 0 aliphatic carbocycles. The van der Waals surface area contributed by atoms with Crippen molar-refractivity contribution in [3.05, 3.63) is 36.5 Å². The fourth-order valence-electron chi connectivity index (χ4n) is 2.35. The molecule has 21 heavy (non-hydrogen) atoms. The Balaban J connectivity index is 1.72. The van der Waals surface area contributed by atoms with Crippen LogP contribution in [0.5, 0.6) is 0 Å². The second-order valence-electron chi connectivity index (χ2n) is 5.54. The van der Waals surface area contributed by atoms with E-state index in [0.717, 1.165) is 16.9 Å². The van der Waals surface area contributed by atoms with Gasteiger partial charge in [0.05, 0.1) is 24.3 Å². The van der Waals surface area contributed by atoms with Gasteiger partial charge in [0.2, 0.25) is 5.91 Å². The average molecular weight is 286 g/mol. The first-order chi connectivity index (χ1) is 10.1. The van der Waals surface area contributed by atoms with Gasteiger partial charge in [-0.15, -0.1) is 0 Å². The number of H-pyrrole nitrogens is 1. The third-order valence-corrected chi connectivity index (χ3v) is 3.99. The molecule has 1 saturated heterocycles. The van der Waals surface area contributed by atoms with E-state index in [1.807, 2.05) is 37.3 Å². The summed E-state index contributed by atoms with van der Waals surface area (Å²) in [7, 11) is 0. The number of ether oxygens (including phenoxy) is 1. The van der Waals surface area contributed by atoms with Crippen LogP contribution in [0.1, 0.15) is 6.92 Å². The SMILES string of the molecule is CC1(C(=O)Nc2ccc(-c3ccn[nH]3)cc2)COCC1N. The van der Waals surface area contributed by atoms with Crippen LogP contribution < -0.4 is 11.1 Å². The van der Waals surface area contributed by atoms with Gasteiger partial charge in [0.1, 0.15) is 0 Å². The van der Waals surface area contributed by atoms with Crippen molar-refractivity contribution < 1.29 is 9.53 Å². The average Bonchev–Trinajstić information content (AvgIpc) is 3.12. The lowest BCUT2D eigenvalue weighted by atomic mass is 9.85. The molecule has 1 aromatic carbocycles. The number of hydrogen-bond acceptors (Lipinski definition) is 4. The molecule has 2 heterocycles. The van der Waals surface area contributed by atoms with E-state index in [1.54, 1.807) is 6.20 Å². The first kappa shape index (κ1) is 13.8. The maximum Gasteiger partial charge on any atom is 0.234 e. The summed E-state index contributed by atoms with van der Waals surface area (Å²) >= 11 is 0. The molecule has 0 spiro atoms. The number of hydrogen-bond donors (Lipinski definition) is 3. The van der Waals surface area contributed by atoms with Crippen molar-refractivity contribution in [3.8, 4) is 11.3 Å². The normalized spacial score (nSPS) is 25.0. The number of anilines is 1. The lowest BCUT2D eigenvalue weighted by Crippen LogP contribution is -2.47. The fraction of sp³-hybridized carbons (Fsp3) is 0.333. The minimum absolute atomic E-state index is 0.109. The molecule has 0 saturated carbocycles. The molecular formula is C15H18N4O2. The first-order valence-electron chi connectivity index (χ1n) is 6.84. The topological polar surface area (TPSA) is 93.0 Å². The molecule has 0 radical (unpaired) electrons. The zero-order chi connectivity index (χ0) is 14.9. The molecule has 1 aliphatic rings. The van der Waals surface area contributed by atoms with Crippen LogP contribution in [-0.2, 0) is 9.53 Å². The van der Waals surface area contributed by atoms with E-state index in [9.17, 15) is 4.79 Å². The number of nitrogens with zero attached hydrogens (tertiary/aromatic N) is 1. The third kappa shape index (κ3) is 2.55. The van der Waals surface area contributed by atoms with Crippen molar-refractivity contribution in [2.45, 2.75) is 13.0 Å². The summed E-state index contributed by atoms with van der Waals surface area (Å²) in [5.74, 6) is -0.109. The number of aromatic amines is 1. The van der Waals surface area contributed by atoms with Crippen molar-refractivity contribution in [1.29, 1.82) is 0 Å². The molecule has 1 amide bonds. The van der Waals surface area contributed by atoms with Crippen LogP contribution in [0, 0.1) is 5.41 Å². The van der Waals surface area contributed by atoms with Crippen LogP contribution >= 0.6 is 0 Å². The van der Waals surface area contributed by atoms with Gasteiger partial charge in [0, 0.05) is 17.9 Å². The van der Waals surface area contributed by atoms with Gasteiger partial charge in [-0.2, -0.15) is 5.10 Å². The predicted molar refractivity (Wildman–Crippen MR) is 79.6 cm³/mol. The number of nitrogens with one attached hydrogen (secondary N) is 2. The molecular weight excluding hydrogens is 268 g/mol. The summed E-state index contributed by atoms with van der Waals surface area (Å²) in [4.78, 5) is 12.4. The number of carbonyl (C=O) groups excluding carboxylic acids is 1. The number of aromatic nitrogens is 2. The highest BCUT2D eigenvalue weighted by molar-refractivity contribution is 5.96. The van der Waals surface area contributed by atoms with E-state index >= 15 is 0 Å². The van der Waals surface area contributed by atoms with E-state index in [2.05, 4.69) is 15.5 Å². The highest BCUT2D eigenvalue weighted by Gasteiger charge is 2.44. The van der Waals surface area contributed by atoms with Crippen molar-refractivity contribution in [2.24, 2.45) is 11.1 Å². The van der Waals surface area contributed by atoms with Crippen LogP contribution in [0.15, 0.2) is 36.5 Å². The molecule has 1 aromatic heterocycles. The Bertz CT molecular complexity index is 624. The summed E-state index contributed by atoms with van der Waals surface area (Å²) in [5.41, 5.74) is 7.97.